The Bertz CT molecular complexity index is 1020. The molecule has 158 valence electrons. The molecule has 0 aliphatic carbocycles. The molecule has 2 aromatic heterocycles. The van der Waals surface area contributed by atoms with Crippen LogP contribution < -0.4 is 5.32 Å². The van der Waals surface area contributed by atoms with Crippen LogP contribution in [0.25, 0.3) is 0 Å². The van der Waals surface area contributed by atoms with Crippen LogP contribution in [-0.4, -0.2) is 43.6 Å². The van der Waals surface area contributed by atoms with E-state index < -0.39 is 5.82 Å². The number of aryl methyl sites for hydroxylation is 2. The van der Waals surface area contributed by atoms with Gasteiger partial charge in [0.2, 0.25) is 0 Å². The summed E-state index contributed by atoms with van der Waals surface area (Å²) in [6.45, 7) is 6.90. The van der Waals surface area contributed by atoms with Crippen LogP contribution in [-0.2, 0) is 13.0 Å². The fourth-order valence-corrected chi connectivity index (χ4v) is 3.94. The molecule has 8 heteroatoms. The molecule has 0 radical (unpaired) electrons. The van der Waals surface area contributed by atoms with Crippen LogP contribution in [0, 0.1) is 12.7 Å². The van der Waals surface area contributed by atoms with Crippen LogP contribution in [0.15, 0.2) is 36.5 Å². The third-order valence-electron chi connectivity index (χ3n) is 5.64. The van der Waals surface area contributed by atoms with Crippen molar-refractivity contribution in [3.63, 3.8) is 0 Å². The number of piperidine rings is 1. The van der Waals surface area contributed by atoms with Crippen molar-refractivity contribution in [2.75, 3.05) is 18.4 Å². The number of hydrogen-bond donors (Lipinski definition) is 2. The monoisotopic (exact) mass is 410 g/mol. The average Bonchev–Trinajstić information content (AvgIpc) is 3.35. The SMILES string of the molecule is CCc1nc(CN2CCC(n3nccc3NC(=O)c3cccc(F)c3)CC2)c(C)[nH]1. The van der Waals surface area contributed by atoms with Crippen LogP contribution >= 0.6 is 0 Å². The molecule has 1 aromatic carbocycles. The summed E-state index contributed by atoms with van der Waals surface area (Å²) in [6.07, 6.45) is 4.47. The third-order valence-corrected chi connectivity index (χ3v) is 5.64. The minimum atomic E-state index is -0.429. The second-order valence-electron chi connectivity index (χ2n) is 7.74. The number of aromatic amines is 1. The number of hydrogen-bond acceptors (Lipinski definition) is 4. The van der Waals surface area contributed by atoms with Gasteiger partial charge >= 0.3 is 0 Å². The molecule has 0 unspecified atom stereocenters. The van der Waals surface area contributed by atoms with Gasteiger partial charge in [-0.3, -0.25) is 9.69 Å². The van der Waals surface area contributed by atoms with Crippen molar-refractivity contribution in [3.05, 3.63) is 65.1 Å². The van der Waals surface area contributed by atoms with E-state index in [2.05, 4.69) is 39.1 Å². The fourth-order valence-electron chi connectivity index (χ4n) is 3.94. The molecule has 0 spiro atoms. The molecule has 0 atom stereocenters. The van der Waals surface area contributed by atoms with Gasteiger partial charge in [-0.15, -0.1) is 0 Å². The van der Waals surface area contributed by atoms with Gasteiger partial charge < -0.3 is 10.3 Å². The van der Waals surface area contributed by atoms with E-state index in [1.54, 1.807) is 18.3 Å². The fraction of sp³-hybridized carbons (Fsp3) is 0.409. The summed E-state index contributed by atoms with van der Waals surface area (Å²) in [6, 6.07) is 7.67. The minimum absolute atomic E-state index is 0.213. The number of likely N-dealkylation sites (tertiary alicyclic amines) is 1. The first-order chi connectivity index (χ1) is 14.5. The molecule has 7 nitrogen and oxygen atoms in total. The van der Waals surface area contributed by atoms with E-state index >= 15 is 0 Å². The number of carbonyl (C=O) groups excluding carboxylic acids is 1. The van der Waals surface area contributed by atoms with E-state index in [1.165, 1.54) is 18.2 Å². The number of halogens is 1. The molecule has 1 aliphatic rings. The Morgan fingerprint density at radius 3 is 2.80 bits per heavy atom. The summed E-state index contributed by atoms with van der Waals surface area (Å²) in [4.78, 5) is 22.9. The second-order valence-corrected chi connectivity index (χ2v) is 7.74. The zero-order valence-electron chi connectivity index (χ0n) is 17.4. The van der Waals surface area contributed by atoms with Gasteiger partial charge in [-0.2, -0.15) is 5.10 Å². The highest BCUT2D eigenvalue weighted by Gasteiger charge is 2.24. The molecule has 30 heavy (non-hydrogen) atoms. The summed E-state index contributed by atoms with van der Waals surface area (Å²) < 4.78 is 15.3. The molecule has 1 amide bonds. The second kappa shape index (κ2) is 8.79. The maximum atomic E-state index is 13.4. The van der Waals surface area contributed by atoms with Gasteiger partial charge in [0.05, 0.1) is 17.9 Å². The van der Waals surface area contributed by atoms with Gasteiger partial charge in [-0.1, -0.05) is 13.0 Å². The molecule has 4 rings (SSSR count). The molecule has 0 saturated carbocycles. The molecule has 1 aliphatic heterocycles. The lowest BCUT2D eigenvalue weighted by Crippen LogP contribution is -2.35. The van der Waals surface area contributed by atoms with Crippen LogP contribution in [0.1, 0.15) is 53.4 Å². The predicted octanol–water partition coefficient (Wildman–Crippen LogP) is 3.71. The van der Waals surface area contributed by atoms with Gasteiger partial charge in [0.15, 0.2) is 0 Å². The van der Waals surface area contributed by atoms with Gasteiger partial charge in [0.1, 0.15) is 17.5 Å². The van der Waals surface area contributed by atoms with Crippen molar-refractivity contribution in [1.29, 1.82) is 0 Å². The van der Waals surface area contributed by atoms with E-state index in [-0.39, 0.29) is 11.9 Å². The number of anilines is 1. The minimum Gasteiger partial charge on any atom is -0.346 e. The van der Waals surface area contributed by atoms with E-state index in [9.17, 15) is 9.18 Å². The molecule has 3 aromatic rings. The molecule has 2 N–H and O–H groups in total. The van der Waals surface area contributed by atoms with Gasteiger partial charge in [-0.05, 0) is 38.0 Å². The smallest absolute Gasteiger partial charge is 0.256 e. The number of nitrogens with zero attached hydrogens (tertiary/aromatic N) is 4. The van der Waals surface area contributed by atoms with Crippen LogP contribution in [0.4, 0.5) is 10.2 Å². The zero-order chi connectivity index (χ0) is 21.1. The van der Waals surface area contributed by atoms with Crippen molar-refractivity contribution in [2.24, 2.45) is 0 Å². The summed E-state index contributed by atoms with van der Waals surface area (Å²) >= 11 is 0. The zero-order valence-corrected chi connectivity index (χ0v) is 17.4. The van der Waals surface area contributed by atoms with Gasteiger partial charge in [0.25, 0.3) is 5.91 Å². The third kappa shape index (κ3) is 4.43. The Balaban J connectivity index is 1.37. The first-order valence-corrected chi connectivity index (χ1v) is 10.4. The average molecular weight is 410 g/mol. The van der Waals surface area contributed by atoms with Crippen molar-refractivity contribution in [2.45, 2.75) is 45.7 Å². The van der Waals surface area contributed by atoms with Crippen molar-refractivity contribution >= 4 is 11.7 Å². The standard InChI is InChI=1S/C22H27FN6O/c1-3-20-25-15(2)19(26-20)14-28-11-8-18(9-12-28)29-21(7-10-24-29)27-22(30)16-5-4-6-17(23)13-16/h4-7,10,13,18H,3,8-9,11-12,14H2,1-2H3,(H,25,26)(H,27,30). The first kappa shape index (κ1) is 20.3. The number of aromatic nitrogens is 4. The maximum absolute atomic E-state index is 13.4. The Kier molecular flexibility index (Phi) is 5.94. The van der Waals surface area contributed by atoms with Crippen molar-refractivity contribution in [1.82, 2.24) is 24.6 Å². The number of benzene rings is 1. The Hall–Kier alpha value is -3.00. The number of nitrogens with one attached hydrogen (secondary N) is 2. The summed E-state index contributed by atoms with van der Waals surface area (Å²) in [5.74, 6) is 0.905. The van der Waals surface area contributed by atoms with Crippen molar-refractivity contribution < 1.29 is 9.18 Å². The van der Waals surface area contributed by atoms with Crippen LogP contribution in [0.5, 0.6) is 0 Å². The molecule has 0 bridgehead atoms. The van der Waals surface area contributed by atoms with E-state index in [1.807, 2.05) is 4.68 Å². The van der Waals surface area contributed by atoms with Crippen LogP contribution in [0.3, 0.4) is 0 Å². The molecule has 1 fully saturated rings. The number of H-pyrrole nitrogens is 1. The highest BCUT2D eigenvalue weighted by Crippen LogP contribution is 2.26. The quantitative estimate of drug-likeness (QED) is 0.649. The topological polar surface area (TPSA) is 78.8 Å². The van der Waals surface area contributed by atoms with E-state index in [4.69, 9.17) is 0 Å². The lowest BCUT2D eigenvalue weighted by molar-refractivity contribution is 0.102. The van der Waals surface area contributed by atoms with Gasteiger partial charge in [-0.25, -0.2) is 14.1 Å². The van der Waals surface area contributed by atoms with Gasteiger partial charge in [0, 0.05) is 43.4 Å². The normalized spacial score (nSPS) is 15.4. The lowest BCUT2D eigenvalue weighted by atomic mass is 10.0. The van der Waals surface area contributed by atoms with E-state index in [0.29, 0.717) is 11.4 Å². The number of carbonyl (C=O) groups is 1. The largest absolute Gasteiger partial charge is 0.346 e. The number of imidazole rings is 1. The van der Waals surface area contributed by atoms with Crippen molar-refractivity contribution in [3.8, 4) is 0 Å². The Labute approximate surface area is 175 Å². The predicted molar refractivity (Wildman–Crippen MR) is 113 cm³/mol. The summed E-state index contributed by atoms with van der Waals surface area (Å²) in [7, 11) is 0. The molecule has 1 saturated heterocycles. The highest BCUT2D eigenvalue weighted by molar-refractivity contribution is 6.03. The lowest BCUT2D eigenvalue weighted by Gasteiger charge is -2.32. The molecule has 3 heterocycles. The maximum Gasteiger partial charge on any atom is 0.256 e. The first-order valence-electron chi connectivity index (χ1n) is 10.4. The highest BCUT2D eigenvalue weighted by atomic mass is 19.1. The molecular formula is C22H27FN6O. The summed E-state index contributed by atoms with van der Waals surface area (Å²) in [5, 5.41) is 7.30. The van der Waals surface area contributed by atoms with E-state index in [0.717, 1.165) is 56.1 Å². The van der Waals surface area contributed by atoms with Crippen LogP contribution in [0.2, 0.25) is 0 Å². The number of rotatable bonds is 6. The molecular weight excluding hydrogens is 383 g/mol. The Morgan fingerprint density at radius 2 is 2.10 bits per heavy atom. The number of amides is 1. The Morgan fingerprint density at radius 1 is 1.30 bits per heavy atom. The summed E-state index contributed by atoms with van der Waals surface area (Å²) in [5.41, 5.74) is 2.55.